The summed E-state index contributed by atoms with van der Waals surface area (Å²) in [6, 6.07) is 6.23. The molecule has 2 nitrogen and oxygen atoms in total. The first-order valence-electron chi connectivity index (χ1n) is 3.96. The first kappa shape index (κ1) is 7.22. The zero-order chi connectivity index (χ0) is 8.55. The summed E-state index contributed by atoms with van der Waals surface area (Å²) in [5.74, 6) is 0. The molecule has 1 aromatic heterocycles. The van der Waals surface area contributed by atoms with Gasteiger partial charge in [-0.2, -0.15) is 10.2 Å². The van der Waals surface area contributed by atoms with Crippen molar-refractivity contribution in [3.8, 4) is 0 Å². The van der Waals surface area contributed by atoms with E-state index in [9.17, 15) is 0 Å². The van der Waals surface area contributed by atoms with Gasteiger partial charge in [-0.1, -0.05) is 11.6 Å². The van der Waals surface area contributed by atoms with Crippen LogP contribution in [-0.4, -0.2) is 10.2 Å². The number of nitrogens with zero attached hydrogens (tertiary/aromatic N) is 2. The Kier molecular flexibility index (Phi) is 1.54. The lowest BCUT2D eigenvalue weighted by atomic mass is 10.1. The van der Waals surface area contributed by atoms with Crippen molar-refractivity contribution in [2.45, 2.75) is 13.8 Å². The maximum atomic E-state index is 4.07. The molecule has 1 aromatic carbocycles. The maximum Gasteiger partial charge on any atom is 0.0958 e. The topological polar surface area (TPSA) is 25.8 Å². The summed E-state index contributed by atoms with van der Waals surface area (Å²) in [5.41, 5.74) is 3.47. The van der Waals surface area contributed by atoms with Gasteiger partial charge in [0.15, 0.2) is 0 Å². The normalized spacial score (nSPS) is 10.5. The Morgan fingerprint density at radius 2 is 2.00 bits per heavy atom. The van der Waals surface area contributed by atoms with Gasteiger partial charge in [0.1, 0.15) is 0 Å². The molecule has 12 heavy (non-hydrogen) atoms. The lowest BCUT2D eigenvalue weighted by Gasteiger charge is -2.00. The lowest BCUT2D eigenvalue weighted by Crippen LogP contribution is -1.86. The summed E-state index contributed by atoms with van der Waals surface area (Å²) < 4.78 is 0. The SMILES string of the molecule is Cc1cc(C)c2nnccc2c1. The molecule has 0 spiro atoms. The van der Waals surface area contributed by atoms with Gasteiger partial charge in [-0.05, 0) is 31.5 Å². The molecule has 2 aromatic rings. The van der Waals surface area contributed by atoms with Gasteiger partial charge in [0.05, 0.1) is 11.7 Å². The molecule has 0 amide bonds. The van der Waals surface area contributed by atoms with Gasteiger partial charge >= 0.3 is 0 Å². The van der Waals surface area contributed by atoms with E-state index in [2.05, 4.69) is 36.2 Å². The molecule has 0 N–H and O–H groups in total. The molecule has 60 valence electrons. The summed E-state index contributed by atoms with van der Waals surface area (Å²) >= 11 is 0. The zero-order valence-corrected chi connectivity index (χ0v) is 7.20. The summed E-state index contributed by atoms with van der Waals surface area (Å²) in [4.78, 5) is 0. The highest BCUT2D eigenvalue weighted by Crippen LogP contribution is 2.16. The number of benzene rings is 1. The van der Waals surface area contributed by atoms with Gasteiger partial charge < -0.3 is 0 Å². The van der Waals surface area contributed by atoms with Crippen LogP contribution in [0.3, 0.4) is 0 Å². The monoisotopic (exact) mass is 158 g/mol. The van der Waals surface area contributed by atoms with Crippen molar-refractivity contribution in [3.05, 3.63) is 35.5 Å². The number of rotatable bonds is 0. The second kappa shape index (κ2) is 2.55. The number of hydrogen-bond acceptors (Lipinski definition) is 2. The quantitative estimate of drug-likeness (QED) is 0.587. The third-order valence-electron chi connectivity index (χ3n) is 1.95. The number of fused-ring (bicyclic) bond motifs is 1. The van der Waals surface area contributed by atoms with Crippen molar-refractivity contribution >= 4 is 10.9 Å². The minimum absolute atomic E-state index is 1.00. The van der Waals surface area contributed by atoms with E-state index in [1.165, 1.54) is 16.5 Å². The largest absolute Gasteiger partial charge is 0.159 e. The van der Waals surface area contributed by atoms with Crippen molar-refractivity contribution < 1.29 is 0 Å². The highest BCUT2D eigenvalue weighted by molar-refractivity contribution is 5.81. The molecule has 0 saturated carbocycles. The standard InChI is InChI=1S/C10H10N2/c1-7-5-8(2)10-9(6-7)3-4-11-12-10/h3-6H,1-2H3. The summed E-state index contributed by atoms with van der Waals surface area (Å²) in [6.45, 7) is 4.15. The van der Waals surface area contributed by atoms with Crippen LogP contribution in [0.4, 0.5) is 0 Å². The molecule has 2 heteroatoms. The number of hydrogen-bond donors (Lipinski definition) is 0. The van der Waals surface area contributed by atoms with Gasteiger partial charge in [-0.3, -0.25) is 0 Å². The van der Waals surface area contributed by atoms with Crippen LogP contribution in [0.5, 0.6) is 0 Å². The van der Waals surface area contributed by atoms with Gasteiger partial charge in [-0.15, -0.1) is 0 Å². The average Bonchev–Trinajstić information content (AvgIpc) is 2.04. The Balaban J connectivity index is 2.89. The van der Waals surface area contributed by atoms with Crippen LogP contribution < -0.4 is 0 Å². The molecule has 0 aliphatic rings. The predicted molar refractivity (Wildman–Crippen MR) is 49.0 cm³/mol. The van der Waals surface area contributed by atoms with Gasteiger partial charge in [0.2, 0.25) is 0 Å². The smallest absolute Gasteiger partial charge is 0.0958 e. The van der Waals surface area contributed by atoms with Crippen LogP contribution in [0, 0.1) is 13.8 Å². The fraction of sp³-hybridized carbons (Fsp3) is 0.200. The highest BCUT2D eigenvalue weighted by Gasteiger charge is 1.98. The first-order chi connectivity index (χ1) is 5.77. The minimum Gasteiger partial charge on any atom is -0.159 e. The molecule has 0 unspecified atom stereocenters. The molecular weight excluding hydrogens is 148 g/mol. The Labute approximate surface area is 71.3 Å². The van der Waals surface area contributed by atoms with Crippen molar-refractivity contribution in [2.24, 2.45) is 0 Å². The van der Waals surface area contributed by atoms with Crippen molar-refractivity contribution in [2.75, 3.05) is 0 Å². The fourth-order valence-corrected chi connectivity index (χ4v) is 1.46. The van der Waals surface area contributed by atoms with E-state index < -0.39 is 0 Å². The van der Waals surface area contributed by atoms with Crippen LogP contribution in [-0.2, 0) is 0 Å². The van der Waals surface area contributed by atoms with Crippen LogP contribution in [0.25, 0.3) is 10.9 Å². The maximum absolute atomic E-state index is 4.07. The van der Waals surface area contributed by atoms with Crippen LogP contribution in [0.1, 0.15) is 11.1 Å². The van der Waals surface area contributed by atoms with E-state index >= 15 is 0 Å². The highest BCUT2D eigenvalue weighted by atomic mass is 15.1. The van der Waals surface area contributed by atoms with E-state index in [0.717, 1.165) is 5.52 Å². The van der Waals surface area contributed by atoms with Crippen molar-refractivity contribution in [1.82, 2.24) is 10.2 Å². The minimum atomic E-state index is 1.00. The van der Waals surface area contributed by atoms with Crippen molar-refractivity contribution in [3.63, 3.8) is 0 Å². The Morgan fingerprint density at radius 3 is 2.83 bits per heavy atom. The zero-order valence-electron chi connectivity index (χ0n) is 7.20. The molecule has 0 saturated heterocycles. The third-order valence-corrected chi connectivity index (χ3v) is 1.95. The Hall–Kier alpha value is -1.44. The van der Waals surface area contributed by atoms with Gasteiger partial charge in [0.25, 0.3) is 0 Å². The number of aryl methyl sites for hydroxylation is 2. The lowest BCUT2D eigenvalue weighted by molar-refractivity contribution is 1.07. The molecule has 0 aliphatic carbocycles. The molecule has 1 heterocycles. The molecule has 0 atom stereocenters. The second-order valence-electron chi connectivity index (χ2n) is 3.05. The van der Waals surface area contributed by atoms with Crippen molar-refractivity contribution in [1.29, 1.82) is 0 Å². The van der Waals surface area contributed by atoms with Crippen LogP contribution in [0.2, 0.25) is 0 Å². The molecular formula is C10H10N2. The van der Waals surface area contributed by atoms with E-state index in [1.54, 1.807) is 6.20 Å². The first-order valence-corrected chi connectivity index (χ1v) is 3.96. The summed E-state index contributed by atoms with van der Waals surface area (Å²) in [6.07, 6.45) is 1.72. The molecule has 0 fully saturated rings. The van der Waals surface area contributed by atoms with Gasteiger partial charge in [0, 0.05) is 5.39 Å². The van der Waals surface area contributed by atoms with Crippen LogP contribution >= 0.6 is 0 Å². The Bertz CT molecular complexity index is 421. The Morgan fingerprint density at radius 1 is 1.17 bits per heavy atom. The number of aromatic nitrogens is 2. The van der Waals surface area contributed by atoms with E-state index in [0.29, 0.717) is 0 Å². The summed E-state index contributed by atoms with van der Waals surface area (Å²) in [7, 11) is 0. The third kappa shape index (κ3) is 1.05. The molecule has 0 bridgehead atoms. The van der Waals surface area contributed by atoms with E-state index in [1.807, 2.05) is 6.07 Å². The van der Waals surface area contributed by atoms with E-state index in [-0.39, 0.29) is 0 Å². The van der Waals surface area contributed by atoms with Crippen LogP contribution in [0.15, 0.2) is 24.4 Å². The van der Waals surface area contributed by atoms with E-state index in [4.69, 9.17) is 0 Å². The average molecular weight is 158 g/mol. The molecule has 2 rings (SSSR count). The summed E-state index contributed by atoms with van der Waals surface area (Å²) in [5, 5.41) is 9.09. The molecule has 0 radical (unpaired) electrons. The second-order valence-corrected chi connectivity index (χ2v) is 3.05. The fourth-order valence-electron chi connectivity index (χ4n) is 1.46. The predicted octanol–water partition coefficient (Wildman–Crippen LogP) is 2.25. The molecule has 0 aliphatic heterocycles. The van der Waals surface area contributed by atoms with Gasteiger partial charge in [-0.25, -0.2) is 0 Å².